The van der Waals surface area contributed by atoms with Gasteiger partial charge in [0.25, 0.3) is 0 Å². The van der Waals surface area contributed by atoms with Crippen LogP contribution in [0.25, 0.3) is 0 Å². The van der Waals surface area contributed by atoms with Crippen LogP contribution in [-0.2, 0) is 11.3 Å². The third kappa shape index (κ3) is 4.85. The van der Waals surface area contributed by atoms with Crippen LogP contribution in [-0.4, -0.2) is 46.8 Å². The average Bonchev–Trinajstić information content (AvgIpc) is 3.04. The van der Waals surface area contributed by atoms with E-state index in [0.29, 0.717) is 11.8 Å². The summed E-state index contributed by atoms with van der Waals surface area (Å²) in [5.41, 5.74) is 1.34. The zero-order valence-corrected chi connectivity index (χ0v) is 15.4. The summed E-state index contributed by atoms with van der Waals surface area (Å²) in [7, 11) is 0. The number of likely N-dealkylation sites (tertiary alicyclic amines) is 1. The molecule has 2 aliphatic rings. The lowest BCUT2D eigenvalue weighted by molar-refractivity contribution is -0.137. The third-order valence-corrected chi connectivity index (χ3v) is 4.90. The summed E-state index contributed by atoms with van der Waals surface area (Å²) < 4.78 is 1.99. The van der Waals surface area contributed by atoms with Gasteiger partial charge < -0.3 is 10.2 Å². The molecule has 7 heteroatoms. The number of carbonyl (C=O) groups excluding carboxylic acids is 1. The highest BCUT2D eigenvalue weighted by atomic mass is 35.5. The number of hydrogen-bond donors (Lipinski definition) is 1. The smallest absolute Gasteiger partial charge is 0.226 e. The van der Waals surface area contributed by atoms with E-state index in [2.05, 4.69) is 28.4 Å². The number of aromatic nitrogens is 2. The predicted octanol–water partition coefficient (Wildman–Crippen LogP) is 2.45. The molecule has 1 aromatic rings. The first-order valence-electron chi connectivity index (χ1n) is 8.29. The summed E-state index contributed by atoms with van der Waals surface area (Å²) in [5, 5.41) is 7.71. The minimum Gasteiger partial charge on any atom is -0.342 e. The number of nitrogens with zero attached hydrogens (tertiary/aromatic N) is 3. The van der Waals surface area contributed by atoms with Gasteiger partial charge in [0.1, 0.15) is 0 Å². The van der Waals surface area contributed by atoms with Crippen LogP contribution >= 0.6 is 24.8 Å². The predicted molar refractivity (Wildman–Crippen MR) is 96.5 cm³/mol. The monoisotopic (exact) mass is 362 g/mol. The van der Waals surface area contributed by atoms with Crippen LogP contribution in [0, 0.1) is 5.92 Å². The van der Waals surface area contributed by atoms with E-state index in [1.807, 2.05) is 10.9 Å². The second kappa shape index (κ2) is 9.50. The van der Waals surface area contributed by atoms with Gasteiger partial charge in [0.05, 0.1) is 12.1 Å². The fourth-order valence-corrected chi connectivity index (χ4v) is 3.52. The molecule has 1 aromatic heterocycles. The van der Waals surface area contributed by atoms with Crippen molar-refractivity contribution in [2.75, 3.05) is 26.2 Å². The Balaban J connectivity index is 0.00000132. The molecular weight excluding hydrogens is 335 g/mol. The van der Waals surface area contributed by atoms with Crippen molar-refractivity contribution in [3.63, 3.8) is 0 Å². The zero-order valence-electron chi connectivity index (χ0n) is 13.7. The van der Waals surface area contributed by atoms with Crippen LogP contribution in [0.3, 0.4) is 0 Å². The van der Waals surface area contributed by atoms with Crippen LogP contribution in [0.15, 0.2) is 12.4 Å². The standard InChI is InChI=1S/C16H26N4O.2ClH/c1-2-20-12-15(11-18-20)13-5-8-19(9-6-13)16(21)14-4-3-7-17-10-14;;/h11-14,17H,2-10H2,1H3;2*1H. The Morgan fingerprint density at radius 3 is 2.61 bits per heavy atom. The van der Waals surface area contributed by atoms with Gasteiger partial charge in [-0.3, -0.25) is 9.48 Å². The molecule has 1 atom stereocenters. The van der Waals surface area contributed by atoms with E-state index in [1.54, 1.807) is 0 Å². The lowest BCUT2D eigenvalue weighted by Gasteiger charge is -2.35. The molecule has 0 radical (unpaired) electrons. The molecule has 2 aliphatic heterocycles. The summed E-state index contributed by atoms with van der Waals surface area (Å²) in [5.74, 6) is 1.14. The van der Waals surface area contributed by atoms with Crippen molar-refractivity contribution in [1.29, 1.82) is 0 Å². The van der Waals surface area contributed by atoms with E-state index in [-0.39, 0.29) is 30.7 Å². The topological polar surface area (TPSA) is 50.2 Å². The molecule has 3 heterocycles. The largest absolute Gasteiger partial charge is 0.342 e. The Labute approximate surface area is 151 Å². The quantitative estimate of drug-likeness (QED) is 0.898. The van der Waals surface area contributed by atoms with Crippen molar-refractivity contribution in [2.45, 2.75) is 45.1 Å². The molecule has 1 unspecified atom stereocenters. The number of rotatable bonds is 3. The van der Waals surface area contributed by atoms with E-state index in [0.717, 1.165) is 58.4 Å². The molecule has 132 valence electrons. The Morgan fingerprint density at radius 2 is 2.04 bits per heavy atom. The molecule has 0 bridgehead atoms. The molecule has 1 amide bonds. The van der Waals surface area contributed by atoms with Gasteiger partial charge in [0.15, 0.2) is 0 Å². The Hall–Kier alpha value is -0.780. The van der Waals surface area contributed by atoms with Gasteiger partial charge in [0.2, 0.25) is 5.91 Å². The summed E-state index contributed by atoms with van der Waals surface area (Å²) in [6, 6.07) is 0. The van der Waals surface area contributed by atoms with Crippen LogP contribution in [0.2, 0.25) is 0 Å². The maximum atomic E-state index is 12.5. The number of aryl methyl sites for hydroxylation is 1. The van der Waals surface area contributed by atoms with Gasteiger partial charge in [-0.2, -0.15) is 5.10 Å². The molecule has 2 fully saturated rings. The van der Waals surface area contributed by atoms with Crippen LogP contribution in [0.5, 0.6) is 0 Å². The molecule has 0 aromatic carbocycles. The van der Waals surface area contributed by atoms with Gasteiger partial charge in [0, 0.05) is 32.4 Å². The van der Waals surface area contributed by atoms with Crippen molar-refractivity contribution >= 4 is 30.7 Å². The molecule has 0 saturated carbocycles. The van der Waals surface area contributed by atoms with Crippen LogP contribution in [0.1, 0.15) is 44.1 Å². The number of carbonyl (C=O) groups is 1. The first-order valence-corrected chi connectivity index (χ1v) is 8.29. The van der Waals surface area contributed by atoms with Gasteiger partial charge in [-0.25, -0.2) is 0 Å². The summed E-state index contributed by atoms with van der Waals surface area (Å²) in [6.45, 7) is 6.76. The van der Waals surface area contributed by atoms with Crippen molar-refractivity contribution in [3.05, 3.63) is 18.0 Å². The highest BCUT2D eigenvalue weighted by Gasteiger charge is 2.29. The Kier molecular flexibility index (Phi) is 8.37. The molecular formula is C16H28Cl2N4O. The fraction of sp³-hybridized carbons (Fsp3) is 0.750. The molecule has 0 spiro atoms. The van der Waals surface area contributed by atoms with Crippen LogP contribution in [0.4, 0.5) is 0 Å². The van der Waals surface area contributed by atoms with E-state index in [4.69, 9.17) is 0 Å². The number of amides is 1. The minimum atomic E-state index is 0. The highest BCUT2D eigenvalue weighted by molar-refractivity contribution is 5.85. The van der Waals surface area contributed by atoms with E-state index >= 15 is 0 Å². The minimum absolute atomic E-state index is 0. The highest BCUT2D eigenvalue weighted by Crippen LogP contribution is 2.28. The van der Waals surface area contributed by atoms with E-state index in [1.165, 1.54) is 5.56 Å². The van der Waals surface area contributed by atoms with Gasteiger partial charge in [-0.1, -0.05) is 0 Å². The number of piperidine rings is 2. The van der Waals surface area contributed by atoms with Gasteiger partial charge in [-0.15, -0.1) is 24.8 Å². The average molecular weight is 363 g/mol. The number of halogens is 2. The maximum absolute atomic E-state index is 12.5. The van der Waals surface area contributed by atoms with E-state index in [9.17, 15) is 4.79 Å². The molecule has 1 N–H and O–H groups in total. The first kappa shape index (κ1) is 20.3. The third-order valence-electron chi connectivity index (χ3n) is 4.90. The molecule has 5 nitrogen and oxygen atoms in total. The van der Waals surface area contributed by atoms with Crippen molar-refractivity contribution in [2.24, 2.45) is 5.92 Å². The maximum Gasteiger partial charge on any atom is 0.226 e. The summed E-state index contributed by atoms with van der Waals surface area (Å²) >= 11 is 0. The summed E-state index contributed by atoms with van der Waals surface area (Å²) in [6.07, 6.45) is 8.48. The SMILES string of the molecule is CCn1cc(C2CCN(C(=O)C3CCCNC3)CC2)cn1.Cl.Cl. The number of hydrogen-bond acceptors (Lipinski definition) is 3. The normalized spacial score (nSPS) is 22.1. The Bertz CT molecular complexity index is 480. The van der Waals surface area contributed by atoms with Crippen molar-refractivity contribution in [3.8, 4) is 0 Å². The second-order valence-corrected chi connectivity index (χ2v) is 6.27. The lowest BCUT2D eigenvalue weighted by Crippen LogP contribution is -2.45. The molecule has 3 rings (SSSR count). The van der Waals surface area contributed by atoms with Crippen molar-refractivity contribution < 1.29 is 4.79 Å². The first-order chi connectivity index (χ1) is 10.3. The molecule has 0 aliphatic carbocycles. The van der Waals surface area contributed by atoms with E-state index < -0.39 is 0 Å². The molecule has 23 heavy (non-hydrogen) atoms. The van der Waals surface area contributed by atoms with Gasteiger partial charge >= 0.3 is 0 Å². The second-order valence-electron chi connectivity index (χ2n) is 6.27. The van der Waals surface area contributed by atoms with Gasteiger partial charge in [-0.05, 0) is 50.6 Å². The van der Waals surface area contributed by atoms with Crippen molar-refractivity contribution in [1.82, 2.24) is 20.0 Å². The summed E-state index contributed by atoms with van der Waals surface area (Å²) in [4.78, 5) is 14.6. The fourth-order valence-electron chi connectivity index (χ4n) is 3.52. The molecule has 2 saturated heterocycles. The Morgan fingerprint density at radius 1 is 1.30 bits per heavy atom. The lowest BCUT2D eigenvalue weighted by atomic mass is 9.90. The van der Waals surface area contributed by atoms with Crippen LogP contribution < -0.4 is 5.32 Å². The number of nitrogens with one attached hydrogen (secondary N) is 1. The zero-order chi connectivity index (χ0) is 14.7.